The summed E-state index contributed by atoms with van der Waals surface area (Å²) in [6, 6.07) is 3.14. The molecule has 0 fully saturated rings. The summed E-state index contributed by atoms with van der Waals surface area (Å²) in [5, 5.41) is 4.21. The van der Waals surface area contributed by atoms with E-state index < -0.39 is 59.0 Å². The highest BCUT2D eigenvalue weighted by molar-refractivity contribution is 5.99. The molecule has 0 aliphatic carbocycles. The molecule has 3 amide bonds. The molecule has 0 aromatic heterocycles. The van der Waals surface area contributed by atoms with Gasteiger partial charge >= 0.3 is 12.3 Å². The summed E-state index contributed by atoms with van der Waals surface area (Å²) < 4.78 is 72.2. The Bertz CT molecular complexity index is 1040. The molecule has 0 aliphatic heterocycles. The molecule has 2 aromatic rings. The summed E-state index contributed by atoms with van der Waals surface area (Å²) in [6.45, 7) is 1.30. The Morgan fingerprint density at radius 2 is 1.75 bits per heavy atom. The van der Waals surface area contributed by atoms with Crippen LogP contribution in [0.2, 0.25) is 0 Å². The van der Waals surface area contributed by atoms with Crippen molar-refractivity contribution < 1.29 is 41.1 Å². The average Bonchev–Trinajstić information content (AvgIpc) is 2.71. The number of carbonyl (C=O) groups is 3. The van der Waals surface area contributed by atoms with Gasteiger partial charge in [-0.05, 0) is 36.8 Å². The van der Waals surface area contributed by atoms with Crippen molar-refractivity contribution in [3.8, 4) is 0 Å². The van der Waals surface area contributed by atoms with Gasteiger partial charge in [0.25, 0.3) is 5.91 Å². The molecule has 2 unspecified atom stereocenters. The van der Waals surface area contributed by atoms with Crippen LogP contribution in [0.25, 0.3) is 0 Å². The van der Waals surface area contributed by atoms with Gasteiger partial charge in [0.2, 0.25) is 5.91 Å². The van der Waals surface area contributed by atoms with E-state index in [2.05, 4.69) is 5.32 Å². The highest BCUT2D eigenvalue weighted by atomic mass is 19.4. The lowest BCUT2D eigenvalue weighted by Gasteiger charge is -2.28. The second-order valence-corrected chi connectivity index (χ2v) is 6.56. The van der Waals surface area contributed by atoms with Crippen LogP contribution in [0.5, 0.6) is 0 Å². The Hall–Kier alpha value is -3.70. The number of nitrogens with one attached hydrogen (secondary N) is 2. The predicted octanol–water partition coefficient (Wildman–Crippen LogP) is 2.97. The van der Waals surface area contributed by atoms with Crippen molar-refractivity contribution in [2.24, 2.45) is 5.73 Å². The van der Waals surface area contributed by atoms with Crippen molar-refractivity contribution >= 4 is 17.9 Å². The zero-order valence-electron chi connectivity index (χ0n) is 16.7. The molecule has 7 nitrogen and oxygen atoms in total. The van der Waals surface area contributed by atoms with Gasteiger partial charge in [0, 0.05) is 12.6 Å². The maximum Gasteiger partial charge on any atom is 0.417 e. The maximum atomic E-state index is 14.1. The molecule has 0 saturated heterocycles. The van der Waals surface area contributed by atoms with Crippen LogP contribution in [-0.4, -0.2) is 31.0 Å². The molecule has 2 atom stereocenters. The van der Waals surface area contributed by atoms with Crippen LogP contribution < -0.4 is 16.4 Å². The van der Waals surface area contributed by atoms with Crippen LogP contribution in [0.4, 0.5) is 26.7 Å². The van der Waals surface area contributed by atoms with Crippen molar-refractivity contribution in [1.82, 2.24) is 10.6 Å². The number of alkyl halides is 3. The minimum atomic E-state index is -5.08. The molecule has 0 saturated carbocycles. The third-order valence-electron chi connectivity index (χ3n) is 4.51. The van der Waals surface area contributed by atoms with Gasteiger partial charge in [0.05, 0.1) is 11.1 Å². The van der Waals surface area contributed by atoms with Crippen molar-refractivity contribution in [2.45, 2.75) is 25.2 Å². The lowest BCUT2D eigenvalue weighted by molar-refractivity contribution is -0.138. The fourth-order valence-electron chi connectivity index (χ4n) is 2.97. The van der Waals surface area contributed by atoms with Crippen molar-refractivity contribution in [3.63, 3.8) is 0 Å². The van der Waals surface area contributed by atoms with Gasteiger partial charge in [0.1, 0.15) is 17.7 Å². The Morgan fingerprint density at radius 3 is 2.31 bits per heavy atom. The van der Waals surface area contributed by atoms with Crippen molar-refractivity contribution in [2.75, 3.05) is 7.05 Å². The standard InChI is InChI=1S/C20H18F5N3O4/c1-9-11(4-3-5-14(9)22)16(32-19(26)31)15(18(30)27-2)28-17(29)12-7-6-10(21)8-13(12)20(23,24)25/h3-8,15-16H,1-2H3,(H2,26,31)(H,27,30)(H,28,29). The summed E-state index contributed by atoms with van der Waals surface area (Å²) in [7, 11) is 1.15. The molecule has 2 rings (SSSR count). The summed E-state index contributed by atoms with van der Waals surface area (Å²) in [5.74, 6) is -4.37. The number of primary amides is 1. The topological polar surface area (TPSA) is 111 Å². The Labute approximate surface area is 178 Å². The number of nitrogens with two attached hydrogens (primary N) is 1. The molecule has 172 valence electrons. The smallest absolute Gasteiger partial charge is 0.417 e. The first-order chi connectivity index (χ1) is 14.9. The van der Waals surface area contributed by atoms with E-state index in [1.165, 1.54) is 19.1 Å². The molecule has 2 aromatic carbocycles. The summed E-state index contributed by atoms with van der Waals surface area (Å²) in [4.78, 5) is 36.6. The number of hydrogen-bond acceptors (Lipinski definition) is 4. The Kier molecular flexibility index (Phi) is 7.39. The summed E-state index contributed by atoms with van der Waals surface area (Å²) in [6.07, 6.45) is -8.17. The molecular formula is C20H18F5N3O4. The quantitative estimate of drug-likeness (QED) is 0.577. The highest BCUT2D eigenvalue weighted by Gasteiger charge is 2.39. The minimum Gasteiger partial charge on any atom is -0.439 e. The molecule has 0 heterocycles. The number of rotatable bonds is 6. The number of benzene rings is 2. The summed E-state index contributed by atoms with van der Waals surface area (Å²) >= 11 is 0. The lowest BCUT2D eigenvalue weighted by Crippen LogP contribution is -2.51. The van der Waals surface area contributed by atoms with E-state index in [1.807, 2.05) is 5.32 Å². The van der Waals surface area contributed by atoms with Crippen molar-refractivity contribution in [1.29, 1.82) is 0 Å². The number of hydrogen-bond donors (Lipinski definition) is 3. The first-order valence-corrected chi connectivity index (χ1v) is 8.97. The van der Waals surface area contributed by atoms with Gasteiger partial charge in [-0.15, -0.1) is 0 Å². The number of halogens is 5. The van der Waals surface area contributed by atoms with Gasteiger partial charge in [-0.1, -0.05) is 12.1 Å². The zero-order valence-corrected chi connectivity index (χ0v) is 16.7. The van der Waals surface area contributed by atoms with Crippen molar-refractivity contribution in [3.05, 3.63) is 70.3 Å². The van der Waals surface area contributed by atoms with Gasteiger partial charge in [-0.2, -0.15) is 13.2 Å². The number of carbonyl (C=O) groups excluding carboxylic acids is 3. The molecule has 32 heavy (non-hydrogen) atoms. The predicted molar refractivity (Wildman–Crippen MR) is 101 cm³/mol. The second kappa shape index (κ2) is 9.62. The largest absolute Gasteiger partial charge is 0.439 e. The van der Waals surface area contributed by atoms with E-state index in [-0.39, 0.29) is 17.2 Å². The fourth-order valence-corrected chi connectivity index (χ4v) is 2.97. The van der Waals surface area contributed by atoms with Gasteiger partial charge in [0.15, 0.2) is 6.10 Å². The van der Waals surface area contributed by atoms with E-state index in [0.29, 0.717) is 12.1 Å². The van der Waals surface area contributed by atoms with E-state index in [1.54, 1.807) is 0 Å². The van der Waals surface area contributed by atoms with Crippen LogP contribution in [0.1, 0.15) is 33.2 Å². The lowest BCUT2D eigenvalue weighted by atomic mass is 9.96. The van der Waals surface area contributed by atoms with Crippen LogP contribution in [0, 0.1) is 18.6 Å². The minimum absolute atomic E-state index is 0.0559. The SMILES string of the molecule is CNC(=O)C(NC(=O)c1ccc(F)cc1C(F)(F)F)C(OC(N)=O)c1cccc(F)c1C. The maximum absolute atomic E-state index is 14.1. The van der Waals surface area contributed by atoms with Crippen LogP contribution in [-0.2, 0) is 15.7 Å². The first kappa shape index (κ1) is 24.6. The average molecular weight is 459 g/mol. The number of likely N-dealkylation sites (N-methyl/N-ethyl adjacent to an activating group) is 1. The Balaban J connectivity index is 2.56. The highest BCUT2D eigenvalue weighted by Crippen LogP contribution is 2.33. The van der Waals surface area contributed by atoms with E-state index in [9.17, 15) is 36.3 Å². The molecule has 0 aliphatic rings. The molecule has 12 heteroatoms. The molecule has 0 radical (unpaired) electrons. The summed E-state index contributed by atoms with van der Waals surface area (Å²) in [5.41, 5.74) is 2.36. The van der Waals surface area contributed by atoms with Crippen LogP contribution >= 0.6 is 0 Å². The van der Waals surface area contributed by atoms with Gasteiger partial charge in [-0.25, -0.2) is 13.6 Å². The van der Waals surface area contributed by atoms with Gasteiger partial charge in [-0.3, -0.25) is 9.59 Å². The van der Waals surface area contributed by atoms with E-state index in [4.69, 9.17) is 10.5 Å². The zero-order chi connectivity index (χ0) is 24.2. The number of amides is 3. The van der Waals surface area contributed by atoms with E-state index in [0.717, 1.165) is 13.1 Å². The molecule has 0 spiro atoms. The third kappa shape index (κ3) is 5.50. The van der Waals surface area contributed by atoms with Crippen LogP contribution in [0.3, 0.4) is 0 Å². The second-order valence-electron chi connectivity index (χ2n) is 6.56. The first-order valence-electron chi connectivity index (χ1n) is 8.97. The normalized spacial score (nSPS) is 13.1. The Morgan fingerprint density at radius 1 is 1.09 bits per heavy atom. The molecule has 0 bridgehead atoms. The fraction of sp³-hybridized carbons (Fsp3) is 0.250. The molecular weight excluding hydrogens is 441 g/mol. The van der Waals surface area contributed by atoms with Gasteiger partial charge < -0.3 is 21.1 Å². The van der Waals surface area contributed by atoms with E-state index >= 15 is 0 Å². The third-order valence-corrected chi connectivity index (χ3v) is 4.51. The molecule has 4 N–H and O–H groups in total. The monoisotopic (exact) mass is 459 g/mol. The van der Waals surface area contributed by atoms with Crippen LogP contribution in [0.15, 0.2) is 36.4 Å². The number of ether oxygens (including phenoxy) is 1.